The van der Waals surface area contributed by atoms with Crippen LogP contribution in [-0.4, -0.2) is 73.3 Å². The second-order valence-electron chi connectivity index (χ2n) is 8.83. The summed E-state index contributed by atoms with van der Waals surface area (Å²) >= 11 is 0. The molecule has 8 heteroatoms. The number of benzene rings is 1. The lowest BCUT2D eigenvalue weighted by Gasteiger charge is -2.39. The van der Waals surface area contributed by atoms with E-state index >= 15 is 0 Å². The molecule has 2 aliphatic heterocycles. The van der Waals surface area contributed by atoms with Crippen LogP contribution in [-0.2, 0) is 4.74 Å². The maximum atomic E-state index is 12.3. The number of fused-ring (bicyclic) bond motifs is 1. The van der Waals surface area contributed by atoms with Crippen molar-refractivity contribution >= 4 is 36.0 Å². The van der Waals surface area contributed by atoms with Gasteiger partial charge in [-0.2, -0.15) is 0 Å². The molecule has 1 fully saturated rings. The molecule has 0 aliphatic carbocycles. The average molecular weight is 530 g/mol. The summed E-state index contributed by atoms with van der Waals surface area (Å²) in [6.45, 7) is 11.6. The SMILES string of the molecule is COc1ccc(C(C)CCNC2=NCC3CN(C(=O)OC(C)(C)C)CCN23)cc1.I. The fourth-order valence-corrected chi connectivity index (χ4v) is 3.72. The van der Waals surface area contributed by atoms with Crippen molar-refractivity contribution in [1.82, 2.24) is 15.1 Å². The van der Waals surface area contributed by atoms with Crippen LogP contribution in [0.3, 0.4) is 0 Å². The van der Waals surface area contributed by atoms with Gasteiger partial charge in [0.25, 0.3) is 0 Å². The number of ether oxygens (including phenoxy) is 2. The van der Waals surface area contributed by atoms with Crippen molar-refractivity contribution in [2.45, 2.75) is 51.7 Å². The highest BCUT2D eigenvalue weighted by molar-refractivity contribution is 14.0. The summed E-state index contributed by atoms with van der Waals surface area (Å²) in [5.74, 6) is 2.30. The molecule has 0 spiro atoms. The molecule has 7 nitrogen and oxygen atoms in total. The van der Waals surface area contributed by atoms with Gasteiger partial charge in [0.1, 0.15) is 11.4 Å². The van der Waals surface area contributed by atoms with Crippen molar-refractivity contribution in [2.75, 3.05) is 39.8 Å². The van der Waals surface area contributed by atoms with Crippen molar-refractivity contribution in [2.24, 2.45) is 4.99 Å². The molecule has 0 bridgehead atoms. The number of rotatable bonds is 5. The molecule has 168 valence electrons. The van der Waals surface area contributed by atoms with Gasteiger partial charge >= 0.3 is 6.09 Å². The molecule has 1 saturated heterocycles. The van der Waals surface area contributed by atoms with Crippen molar-refractivity contribution < 1.29 is 14.3 Å². The number of aliphatic imine (C=N–C) groups is 1. The lowest BCUT2D eigenvalue weighted by Crippen LogP contribution is -2.57. The monoisotopic (exact) mass is 530 g/mol. The zero-order valence-corrected chi connectivity index (χ0v) is 21.0. The standard InChI is InChI=1S/C22H34N4O3.HI/c1-16(17-6-8-19(28-5)9-7-17)10-11-23-20-24-14-18-15-25(12-13-26(18)20)21(27)29-22(2,3)4;/h6-9,16,18H,10-15H2,1-5H3,(H,23,24);1H. The summed E-state index contributed by atoms with van der Waals surface area (Å²) in [6, 6.07) is 8.51. The summed E-state index contributed by atoms with van der Waals surface area (Å²) in [4.78, 5) is 21.1. The summed E-state index contributed by atoms with van der Waals surface area (Å²) in [6.07, 6.45) is 0.792. The van der Waals surface area contributed by atoms with E-state index in [0.29, 0.717) is 19.0 Å². The van der Waals surface area contributed by atoms with E-state index in [9.17, 15) is 4.79 Å². The van der Waals surface area contributed by atoms with Crippen LogP contribution in [0.25, 0.3) is 0 Å². The second-order valence-corrected chi connectivity index (χ2v) is 8.83. The quantitative estimate of drug-likeness (QED) is 0.589. The fourth-order valence-electron chi connectivity index (χ4n) is 3.72. The van der Waals surface area contributed by atoms with Crippen LogP contribution < -0.4 is 10.1 Å². The molecule has 0 radical (unpaired) electrons. The Bertz CT molecular complexity index is 733. The second kappa shape index (κ2) is 10.5. The Kier molecular flexibility index (Phi) is 8.63. The predicted molar refractivity (Wildman–Crippen MR) is 130 cm³/mol. The Hall–Kier alpha value is -1.71. The highest BCUT2D eigenvalue weighted by atomic mass is 127. The Morgan fingerprint density at radius 3 is 2.60 bits per heavy atom. The molecule has 1 aromatic carbocycles. The van der Waals surface area contributed by atoms with Crippen LogP contribution in [0.1, 0.15) is 45.6 Å². The third-order valence-corrected chi connectivity index (χ3v) is 5.40. The smallest absolute Gasteiger partial charge is 0.410 e. The topological polar surface area (TPSA) is 66.4 Å². The number of piperazine rings is 1. The molecule has 2 aliphatic rings. The van der Waals surface area contributed by atoms with Crippen LogP contribution in [0.4, 0.5) is 4.79 Å². The number of carbonyl (C=O) groups is 1. The summed E-state index contributed by atoms with van der Waals surface area (Å²) < 4.78 is 10.7. The number of amides is 1. The molecule has 30 heavy (non-hydrogen) atoms. The zero-order valence-electron chi connectivity index (χ0n) is 18.7. The summed E-state index contributed by atoms with van der Waals surface area (Å²) in [7, 11) is 1.69. The minimum absolute atomic E-state index is 0. The third-order valence-electron chi connectivity index (χ3n) is 5.40. The highest BCUT2D eigenvalue weighted by Crippen LogP contribution is 2.22. The van der Waals surface area contributed by atoms with Gasteiger partial charge in [-0.05, 0) is 50.8 Å². The van der Waals surface area contributed by atoms with Gasteiger partial charge in [-0.15, -0.1) is 24.0 Å². The first kappa shape index (κ1) is 24.6. The van der Waals surface area contributed by atoms with E-state index in [4.69, 9.17) is 9.47 Å². The number of guanidine groups is 1. The van der Waals surface area contributed by atoms with Crippen LogP contribution in [0.5, 0.6) is 5.75 Å². The number of nitrogens with one attached hydrogen (secondary N) is 1. The number of hydrogen-bond donors (Lipinski definition) is 1. The molecule has 0 saturated carbocycles. The molecule has 2 atom stereocenters. The fraction of sp³-hybridized carbons (Fsp3) is 0.636. The van der Waals surface area contributed by atoms with Gasteiger partial charge in [-0.1, -0.05) is 19.1 Å². The number of methoxy groups -OCH3 is 1. The number of halogens is 1. The van der Waals surface area contributed by atoms with Gasteiger partial charge in [0.2, 0.25) is 0 Å². The molecule has 1 N–H and O–H groups in total. The number of hydrogen-bond acceptors (Lipinski definition) is 6. The Labute approximate surface area is 197 Å². The molecule has 3 rings (SSSR count). The predicted octanol–water partition coefficient (Wildman–Crippen LogP) is 3.69. The van der Waals surface area contributed by atoms with Gasteiger partial charge in [0.05, 0.1) is 19.7 Å². The number of nitrogens with zero attached hydrogens (tertiary/aromatic N) is 3. The van der Waals surface area contributed by atoms with Crippen LogP contribution in [0, 0.1) is 0 Å². The average Bonchev–Trinajstić information content (AvgIpc) is 3.09. The van der Waals surface area contributed by atoms with Crippen LogP contribution >= 0.6 is 24.0 Å². The minimum atomic E-state index is -0.465. The van der Waals surface area contributed by atoms with E-state index in [1.165, 1.54) is 5.56 Å². The van der Waals surface area contributed by atoms with Crippen molar-refractivity contribution in [3.8, 4) is 5.75 Å². The highest BCUT2D eigenvalue weighted by Gasteiger charge is 2.36. The normalized spacial score (nSPS) is 19.4. The van der Waals surface area contributed by atoms with E-state index in [0.717, 1.165) is 37.8 Å². The number of carbonyl (C=O) groups excluding carboxylic acids is 1. The van der Waals surface area contributed by atoms with Crippen molar-refractivity contribution in [3.63, 3.8) is 0 Å². The third kappa shape index (κ3) is 6.39. The van der Waals surface area contributed by atoms with E-state index in [1.807, 2.05) is 32.9 Å². The lowest BCUT2D eigenvalue weighted by molar-refractivity contribution is 0.0137. The maximum absolute atomic E-state index is 12.3. The van der Waals surface area contributed by atoms with Gasteiger partial charge in [0, 0.05) is 26.2 Å². The van der Waals surface area contributed by atoms with E-state index in [-0.39, 0.29) is 36.1 Å². The van der Waals surface area contributed by atoms with Gasteiger partial charge in [-0.3, -0.25) is 4.99 Å². The lowest BCUT2D eigenvalue weighted by atomic mass is 9.98. The van der Waals surface area contributed by atoms with Crippen LogP contribution in [0.2, 0.25) is 0 Å². The first-order valence-corrected chi connectivity index (χ1v) is 10.4. The van der Waals surface area contributed by atoms with Crippen molar-refractivity contribution in [3.05, 3.63) is 29.8 Å². The van der Waals surface area contributed by atoms with Crippen molar-refractivity contribution in [1.29, 1.82) is 0 Å². The van der Waals surface area contributed by atoms with Gasteiger partial charge in [0.15, 0.2) is 5.96 Å². The first-order valence-electron chi connectivity index (χ1n) is 10.4. The van der Waals surface area contributed by atoms with E-state index < -0.39 is 5.60 Å². The Morgan fingerprint density at radius 2 is 1.97 bits per heavy atom. The van der Waals surface area contributed by atoms with Gasteiger partial charge in [-0.25, -0.2) is 4.79 Å². The Balaban J connectivity index is 0.00000320. The van der Waals surface area contributed by atoms with Gasteiger partial charge < -0.3 is 24.6 Å². The van der Waals surface area contributed by atoms with E-state index in [1.54, 1.807) is 12.0 Å². The largest absolute Gasteiger partial charge is 0.497 e. The van der Waals surface area contributed by atoms with E-state index in [2.05, 4.69) is 34.3 Å². The first-order chi connectivity index (χ1) is 13.8. The zero-order chi connectivity index (χ0) is 21.0. The summed E-state index contributed by atoms with van der Waals surface area (Å²) in [5, 5.41) is 3.50. The molecule has 2 heterocycles. The molecule has 0 aromatic heterocycles. The Morgan fingerprint density at radius 1 is 1.27 bits per heavy atom. The summed E-state index contributed by atoms with van der Waals surface area (Å²) in [5.41, 5.74) is 0.845. The molecular formula is C22H35IN4O3. The molecular weight excluding hydrogens is 495 g/mol. The minimum Gasteiger partial charge on any atom is -0.497 e. The molecule has 2 unspecified atom stereocenters. The van der Waals surface area contributed by atoms with Crippen LogP contribution in [0.15, 0.2) is 29.3 Å². The molecule has 1 aromatic rings. The maximum Gasteiger partial charge on any atom is 0.410 e. The molecule has 1 amide bonds.